The van der Waals surface area contributed by atoms with E-state index < -0.39 is 0 Å². The third-order valence-electron chi connectivity index (χ3n) is 4.32. The molecule has 0 unspecified atom stereocenters. The molecule has 0 saturated carbocycles. The van der Waals surface area contributed by atoms with E-state index in [9.17, 15) is 4.79 Å². The van der Waals surface area contributed by atoms with Crippen LogP contribution in [0, 0.1) is 0 Å². The van der Waals surface area contributed by atoms with Crippen LogP contribution in [0.4, 0.5) is 0 Å². The smallest absolute Gasteiger partial charge is 0.221 e. The van der Waals surface area contributed by atoms with E-state index in [2.05, 4.69) is 17.1 Å². The summed E-state index contributed by atoms with van der Waals surface area (Å²) in [7, 11) is 2.05. The summed E-state index contributed by atoms with van der Waals surface area (Å²) < 4.78 is 0. The van der Waals surface area contributed by atoms with Crippen LogP contribution in [0.5, 0.6) is 0 Å². The van der Waals surface area contributed by atoms with Crippen molar-refractivity contribution >= 4 is 5.91 Å². The van der Waals surface area contributed by atoms with Crippen LogP contribution in [-0.4, -0.2) is 44.0 Å². The minimum atomic E-state index is 0.181. The van der Waals surface area contributed by atoms with Crippen LogP contribution in [-0.2, 0) is 4.79 Å². The van der Waals surface area contributed by atoms with Gasteiger partial charge in [-0.2, -0.15) is 0 Å². The summed E-state index contributed by atoms with van der Waals surface area (Å²) in [6.45, 7) is 5.61. The van der Waals surface area contributed by atoms with Gasteiger partial charge in [-0.15, -0.1) is 0 Å². The van der Waals surface area contributed by atoms with Crippen molar-refractivity contribution in [2.45, 2.75) is 84.0 Å². The molecule has 0 aromatic heterocycles. The van der Waals surface area contributed by atoms with Gasteiger partial charge >= 0.3 is 0 Å². The summed E-state index contributed by atoms with van der Waals surface area (Å²) in [5, 5.41) is 3.03. The zero-order valence-corrected chi connectivity index (χ0v) is 15.7. The van der Waals surface area contributed by atoms with E-state index in [1.807, 2.05) is 7.05 Å². The van der Waals surface area contributed by atoms with Gasteiger partial charge in [0.15, 0.2) is 0 Å². The van der Waals surface area contributed by atoms with Crippen LogP contribution in [0.2, 0.25) is 0 Å². The van der Waals surface area contributed by atoms with E-state index in [1.165, 1.54) is 57.8 Å². The maximum Gasteiger partial charge on any atom is 0.221 e. The second kappa shape index (κ2) is 17.7. The molecule has 0 radical (unpaired) electrons. The average molecular weight is 328 g/mol. The number of nitrogens with two attached hydrogens (primary N) is 1. The summed E-state index contributed by atoms with van der Waals surface area (Å²) in [5.41, 5.74) is 5.48. The van der Waals surface area contributed by atoms with E-state index in [4.69, 9.17) is 5.73 Å². The molecule has 0 fully saturated rings. The zero-order chi connectivity index (χ0) is 17.2. The predicted molar refractivity (Wildman–Crippen MR) is 101 cm³/mol. The first-order valence-electron chi connectivity index (χ1n) is 9.86. The number of unbranched alkanes of at least 4 members (excludes halogenated alkanes) is 9. The summed E-state index contributed by atoms with van der Waals surface area (Å²) in [6, 6.07) is 0. The van der Waals surface area contributed by atoms with Gasteiger partial charge in [0.05, 0.1) is 0 Å². The number of nitrogens with zero attached hydrogens (tertiary/aromatic N) is 1. The maximum absolute atomic E-state index is 11.7. The number of nitrogens with one attached hydrogen (secondary N) is 1. The van der Waals surface area contributed by atoms with Crippen LogP contribution in [0.3, 0.4) is 0 Å². The fourth-order valence-electron chi connectivity index (χ4n) is 2.69. The van der Waals surface area contributed by atoms with Gasteiger partial charge in [0.25, 0.3) is 0 Å². The van der Waals surface area contributed by atoms with Crippen molar-refractivity contribution in [3.8, 4) is 0 Å². The van der Waals surface area contributed by atoms with Crippen molar-refractivity contribution in [2.75, 3.05) is 33.2 Å². The number of rotatable bonds is 17. The van der Waals surface area contributed by atoms with Gasteiger partial charge in [-0.3, -0.25) is 4.79 Å². The third-order valence-corrected chi connectivity index (χ3v) is 4.32. The first-order valence-corrected chi connectivity index (χ1v) is 9.86. The van der Waals surface area contributed by atoms with E-state index in [1.54, 1.807) is 0 Å². The lowest BCUT2D eigenvalue weighted by molar-refractivity contribution is -0.121. The Hall–Kier alpha value is -0.610. The molecule has 0 aliphatic heterocycles. The minimum Gasteiger partial charge on any atom is -0.356 e. The molecule has 0 bridgehead atoms. The SMILES string of the molecule is CCCCCCCCCCCCNC(=O)CCN(C)CCCN. The molecule has 0 aromatic rings. The maximum atomic E-state index is 11.7. The van der Waals surface area contributed by atoms with E-state index in [0.29, 0.717) is 6.42 Å². The molecule has 4 heteroatoms. The number of hydrogen-bond acceptors (Lipinski definition) is 3. The Morgan fingerprint density at radius 2 is 1.43 bits per heavy atom. The molecular weight excluding hydrogens is 286 g/mol. The fraction of sp³-hybridized carbons (Fsp3) is 0.947. The largest absolute Gasteiger partial charge is 0.356 e. The normalized spacial score (nSPS) is 11.1. The molecular formula is C19H41N3O. The molecule has 138 valence electrons. The number of amides is 1. The highest BCUT2D eigenvalue weighted by Crippen LogP contribution is 2.10. The molecule has 0 aromatic carbocycles. The van der Waals surface area contributed by atoms with Crippen LogP contribution >= 0.6 is 0 Å². The second-order valence-electron chi connectivity index (χ2n) is 6.73. The Morgan fingerprint density at radius 1 is 0.870 bits per heavy atom. The molecule has 3 N–H and O–H groups in total. The lowest BCUT2D eigenvalue weighted by atomic mass is 10.1. The second-order valence-corrected chi connectivity index (χ2v) is 6.73. The van der Waals surface area contributed by atoms with Gasteiger partial charge in [0.2, 0.25) is 5.91 Å². The summed E-state index contributed by atoms with van der Waals surface area (Å²) in [6.07, 6.45) is 14.9. The molecule has 0 atom stereocenters. The number of carbonyl (C=O) groups excluding carboxylic acids is 1. The Kier molecular flexibility index (Phi) is 17.3. The van der Waals surface area contributed by atoms with Crippen molar-refractivity contribution in [3.05, 3.63) is 0 Å². The molecule has 0 aliphatic rings. The molecule has 0 aliphatic carbocycles. The van der Waals surface area contributed by atoms with Crippen LogP contribution in [0.25, 0.3) is 0 Å². The van der Waals surface area contributed by atoms with E-state index in [0.717, 1.165) is 39.0 Å². The summed E-state index contributed by atoms with van der Waals surface area (Å²) in [4.78, 5) is 13.9. The lowest BCUT2D eigenvalue weighted by Crippen LogP contribution is -2.30. The number of carbonyl (C=O) groups is 1. The molecule has 1 amide bonds. The van der Waals surface area contributed by atoms with Crippen LogP contribution in [0.15, 0.2) is 0 Å². The highest BCUT2D eigenvalue weighted by Gasteiger charge is 2.03. The topological polar surface area (TPSA) is 58.4 Å². The molecule has 0 saturated heterocycles. The standard InChI is InChI=1S/C19H41N3O/c1-3-4-5-6-7-8-9-10-11-12-16-21-19(23)14-18-22(2)17-13-15-20/h3-18,20H2,1-2H3,(H,21,23). The van der Waals surface area contributed by atoms with Crippen molar-refractivity contribution < 1.29 is 4.79 Å². The number of hydrogen-bond donors (Lipinski definition) is 2. The highest BCUT2D eigenvalue weighted by atomic mass is 16.1. The Labute approximate surface area is 144 Å². The molecule has 0 heterocycles. The van der Waals surface area contributed by atoms with Gasteiger partial charge in [0, 0.05) is 19.5 Å². The third kappa shape index (κ3) is 17.6. The Morgan fingerprint density at radius 3 is 2.00 bits per heavy atom. The molecule has 0 spiro atoms. The van der Waals surface area contributed by atoms with Crippen molar-refractivity contribution in [3.63, 3.8) is 0 Å². The van der Waals surface area contributed by atoms with Crippen LogP contribution in [0.1, 0.15) is 84.0 Å². The van der Waals surface area contributed by atoms with Gasteiger partial charge < -0.3 is 16.0 Å². The van der Waals surface area contributed by atoms with Crippen LogP contribution < -0.4 is 11.1 Å². The Bertz CT molecular complexity index is 259. The highest BCUT2D eigenvalue weighted by molar-refractivity contribution is 5.75. The molecule has 4 nitrogen and oxygen atoms in total. The Balaban J connectivity index is 3.23. The van der Waals surface area contributed by atoms with E-state index in [-0.39, 0.29) is 5.91 Å². The van der Waals surface area contributed by atoms with Gasteiger partial charge in [-0.05, 0) is 33.0 Å². The quantitative estimate of drug-likeness (QED) is 0.401. The lowest BCUT2D eigenvalue weighted by Gasteiger charge is -2.15. The van der Waals surface area contributed by atoms with Gasteiger partial charge in [0.1, 0.15) is 0 Å². The monoisotopic (exact) mass is 327 g/mol. The average Bonchev–Trinajstić information content (AvgIpc) is 2.56. The summed E-state index contributed by atoms with van der Waals surface area (Å²) in [5.74, 6) is 0.181. The minimum absolute atomic E-state index is 0.181. The zero-order valence-electron chi connectivity index (χ0n) is 15.7. The van der Waals surface area contributed by atoms with Gasteiger partial charge in [-0.25, -0.2) is 0 Å². The fourth-order valence-corrected chi connectivity index (χ4v) is 2.69. The van der Waals surface area contributed by atoms with Crippen molar-refractivity contribution in [1.82, 2.24) is 10.2 Å². The van der Waals surface area contributed by atoms with Crippen molar-refractivity contribution in [1.29, 1.82) is 0 Å². The first-order chi connectivity index (χ1) is 11.2. The van der Waals surface area contributed by atoms with Crippen molar-refractivity contribution in [2.24, 2.45) is 5.73 Å². The van der Waals surface area contributed by atoms with E-state index >= 15 is 0 Å². The predicted octanol–water partition coefficient (Wildman–Crippen LogP) is 3.69. The molecule has 23 heavy (non-hydrogen) atoms. The van der Waals surface area contributed by atoms with Gasteiger partial charge in [-0.1, -0.05) is 64.7 Å². The summed E-state index contributed by atoms with van der Waals surface area (Å²) >= 11 is 0. The molecule has 0 rings (SSSR count). The first kappa shape index (κ1) is 22.4.